The van der Waals surface area contributed by atoms with E-state index in [2.05, 4.69) is 15.9 Å². The normalized spacial score (nSPS) is 17.6. The molecule has 0 radical (unpaired) electrons. The van der Waals surface area contributed by atoms with E-state index in [-0.39, 0.29) is 13.0 Å². The lowest BCUT2D eigenvalue weighted by Crippen LogP contribution is -2.52. The zero-order chi connectivity index (χ0) is 21.9. The van der Waals surface area contributed by atoms with Crippen LogP contribution in [0.5, 0.6) is 0 Å². The van der Waals surface area contributed by atoms with Gasteiger partial charge in [-0.15, -0.1) is 0 Å². The predicted molar refractivity (Wildman–Crippen MR) is 112 cm³/mol. The van der Waals surface area contributed by atoms with Gasteiger partial charge in [-0.1, -0.05) is 52.3 Å². The van der Waals surface area contributed by atoms with Crippen molar-refractivity contribution in [2.45, 2.75) is 18.4 Å². The van der Waals surface area contributed by atoms with Gasteiger partial charge in [-0.25, -0.2) is 0 Å². The summed E-state index contributed by atoms with van der Waals surface area (Å²) in [6.07, 6.45) is 0.146. The van der Waals surface area contributed by atoms with Crippen molar-refractivity contribution in [2.24, 2.45) is 5.92 Å². The minimum atomic E-state index is -1.79. The Bertz CT molecular complexity index is 976. The van der Waals surface area contributed by atoms with E-state index in [0.717, 1.165) is 19.8 Å². The summed E-state index contributed by atoms with van der Waals surface area (Å²) >= 11 is 3.44. The summed E-state index contributed by atoms with van der Waals surface area (Å²) in [7, 11) is 2.24. The smallest absolute Gasteiger partial charge is 0.321 e. The van der Waals surface area contributed by atoms with Crippen LogP contribution in [0.2, 0.25) is 0 Å². The van der Waals surface area contributed by atoms with E-state index >= 15 is 0 Å². The maximum atomic E-state index is 13.8. The van der Waals surface area contributed by atoms with Gasteiger partial charge in [0.05, 0.1) is 20.8 Å². The number of carbonyl (C=O) groups excluding carboxylic acids is 4. The Labute approximate surface area is 182 Å². The maximum Gasteiger partial charge on any atom is 0.321 e. The second kappa shape index (κ2) is 8.79. The van der Waals surface area contributed by atoms with E-state index in [0.29, 0.717) is 22.0 Å². The van der Waals surface area contributed by atoms with Gasteiger partial charge in [-0.2, -0.15) is 0 Å². The molecule has 2 aromatic rings. The molecule has 156 valence electrons. The van der Waals surface area contributed by atoms with Crippen LogP contribution in [-0.4, -0.2) is 38.4 Å². The molecule has 1 aliphatic rings. The molecule has 30 heavy (non-hydrogen) atoms. The number of hydrogen-bond donors (Lipinski definition) is 0. The number of nitrogens with zero attached hydrogens (tertiary/aromatic N) is 1. The van der Waals surface area contributed by atoms with Crippen molar-refractivity contribution < 1.29 is 28.7 Å². The third-order valence-corrected chi connectivity index (χ3v) is 5.97. The first-order valence-electron chi connectivity index (χ1n) is 9.16. The molecule has 7 nitrogen and oxygen atoms in total. The Morgan fingerprint density at radius 3 is 2.27 bits per heavy atom. The topological polar surface area (TPSA) is 90.0 Å². The van der Waals surface area contributed by atoms with Gasteiger partial charge in [-0.3, -0.25) is 14.4 Å². The van der Waals surface area contributed by atoms with Crippen molar-refractivity contribution in [2.75, 3.05) is 19.1 Å². The summed E-state index contributed by atoms with van der Waals surface area (Å²) in [5.41, 5.74) is -0.0327. The fourth-order valence-electron chi connectivity index (χ4n) is 4.00. The minimum absolute atomic E-state index is 0.207. The molecule has 0 aliphatic carbocycles. The molecule has 1 amide bonds. The SMILES string of the molecule is COC(=O)C(C(=O)OC)[C@@]1(CC=O)C(=O)N(Cc2ccccc2)c2cccc(Br)c21. The molecule has 3 rings (SSSR count). The lowest BCUT2D eigenvalue weighted by atomic mass is 9.68. The Morgan fingerprint density at radius 2 is 1.70 bits per heavy atom. The lowest BCUT2D eigenvalue weighted by molar-refractivity contribution is -0.165. The van der Waals surface area contributed by atoms with Crippen molar-refractivity contribution >= 4 is 45.7 Å². The Hall–Kier alpha value is -3.00. The first-order chi connectivity index (χ1) is 14.4. The number of halogens is 1. The van der Waals surface area contributed by atoms with Crippen molar-refractivity contribution in [3.8, 4) is 0 Å². The lowest BCUT2D eigenvalue weighted by Gasteiger charge is -2.32. The highest BCUT2D eigenvalue weighted by Gasteiger charge is 2.62. The quantitative estimate of drug-likeness (QED) is 0.348. The molecule has 1 heterocycles. The van der Waals surface area contributed by atoms with Gasteiger partial charge in [0.15, 0.2) is 5.92 Å². The Kier molecular flexibility index (Phi) is 6.36. The second-order valence-electron chi connectivity index (χ2n) is 6.83. The van der Waals surface area contributed by atoms with Crippen LogP contribution in [0.15, 0.2) is 53.0 Å². The highest BCUT2D eigenvalue weighted by Crippen LogP contribution is 2.52. The van der Waals surface area contributed by atoms with Crippen LogP contribution >= 0.6 is 15.9 Å². The predicted octanol–water partition coefficient (Wildman–Crippen LogP) is 2.78. The van der Waals surface area contributed by atoms with E-state index in [9.17, 15) is 19.2 Å². The molecule has 0 N–H and O–H groups in total. The Balaban J connectivity index is 2.27. The summed E-state index contributed by atoms with van der Waals surface area (Å²) in [4.78, 5) is 52.4. The number of carbonyl (C=O) groups is 4. The van der Waals surface area contributed by atoms with Gasteiger partial charge in [0.25, 0.3) is 0 Å². The van der Waals surface area contributed by atoms with Crippen LogP contribution in [0.3, 0.4) is 0 Å². The number of ether oxygens (including phenoxy) is 2. The molecule has 0 unspecified atom stereocenters. The van der Waals surface area contributed by atoms with Gasteiger partial charge in [0.1, 0.15) is 11.7 Å². The number of hydrogen-bond acceptors (Lipinski definition) is 6. The van der Waals surface area contributed by atoms with Gasteiger partial charge >= 0.3 is 11.9 Å². The number of amides is 1. The second-order valence-corrected chi connectivity index (χ2v) is 7.69. The number of rotatable bonds is 7. The largest absolute Gasteiger partial charge is 0.468 e. The summed E-state index contributed by atoms with van der Waals surface area (Å²) in [5.74, 6) is -4.06. The van der Waals surface area contributed by atoms with E-state index < -0.39 is 29.2 Å². The molecular weight excluding hydrogens is 454 g/mol. The number of aldehydes is 1. The van der Waals surface area contributed by atoms with Gasteiger partial charge in [-0.05, 0) is 17.7 Å². The summed E-state index contributed by atoms with van der Waals surface area (Å²) < 4.78 is 10.2. The van der Waals surface area contributed by atoms with Gasteiger partial charge in [0.2, 0.25) is 5.91 Å². The van der Waals surface area contributed by atoms with E-state index in [1.165, 1.54) is 4.90 Å². The monoisotopic (exact) mass is 473 g/mol. The molecule has 2 aromatic carbocycles. The summed E-state index contributed by atoms with van der Waals surface area (Å²) in [5, 5.41) is 0. The van der Waals surface area contributed by atoms with Crippen molar-refractivity contribution in [3.05, 3.63) is 64.1 Å². The standard InChI is InChI=1S/C22H20BrNO6/c1-29-19(26)18(20(27)30-2)22(11-12-25)17-15(23)9-6-10-16(17)24(21(22)28)13-14-7-4-3-5-8-14/h3-10,12,18H,11,13H2,1-2H3/t22-/m0/s1. The van der Waals surface area contributed by atoms with Crippen molar-refractivity contribution in [1.82, 2.24) is 0 Å². The van der Waals surface area contributed by atoms with E-state index in [1.54, 1.807) is 18.2 Å². The third-order valence-electron chi connectivity index (χ3n) is 5.31. The van der Waals surface area contributed by atoms with Crippen molar-refractivity contribution in [1.29, 1.82) is 0 Å². The minimum Gasteiger partial charge on any atom is -0.468 e. The molecule has 0 spiro atoms. The van der Waals surface area contributed by atoms with Crippen LogP contribution < -0.4 is 4.90 Å². The van der Waals surface area contributed by atoms with Crippen LogP contribution in [0.25, 0.3) is 0 Å². The van der Waals surface area contributed by atoms with Crippen LogP contribution in [-0.2, 0) is 40.6 Å². The number of benzene rings is 2. The number of esters is 2. The molecule has 1 atom stereocenters. The Morgan fingerprint density at radius 1 is 1.07 bits per heavy atom. The maximum absolute atomic E-state index is 13.8. The molecular formula is C22H20BrNO6. The summed E-state index contributed by atoms with van der Waals surface area (Å²) in [6.45, 7) is 0.207. The average molecular weight is 474 g/mol. The number of methoxy groups -OCH3 is 2. The number of anilines is 1. The van der Waals surface area contributed by atoms with Crippen LogP contribution in [0.4, 0.5) is 5.69 Å². The zero-order valence-corrected chi connectivity index (χ0v) is 18.0. The fraction of sp³-hybridized carbons (Fsp3) is 0.273. The molecule has 0 saturated carbocycles. The highest BCUT2D eigenvalue weighted by atomic mass is 79.9. The number of fused-ring (bicyclic) bond motifs is 1. The summed E-state index contributed by atoms with van der Waals surface area (Å²) in [6, 6.07) is 14.5. The van der Waals surface area contributed by atoms with Crippen LogP contribution in [0.1, 0.15) is 17.5 Å². The van der Waals surface area contributed by atoms with Crippen LogP contribution in [0, 0.1) is 5.92 Å². The first-order valence-corrected chi connectivity index (χ1v) is 9.95. The fourth-order valence-corrected chi connectivity index (χ4v) is 4.71. The third kappa shape index (κ3) is 3.41. The van der Waals surface area contributed by atoms with Gasteiger partial charge < -0.3 is 19.2 Å². The zero-order valence-electron chi connectivity index (χ0n) is 16.5. The van der Waals surface area contributed by atoms with Crippen molar-refractivity contribution in [3.63, 3.8) is 0 Å². The van der Waals surface area contributed by atoms with E-state index in [1.807, 2.05) is 30.3 Å². The van der Waals surface area contributed by atoms with Gasteiger partial charge in [0, 0.05) is 22.1 Å². The highest BCUT2D eigenvalue weighted by molar-refractivity contribution is 9.10. The molecule has 0 aromatic heterocycles. The van der Waals surface area contributed by atoms with E-state index in [4.69, 9.17) is 9.47 Å². The molecule has 0 fully saturated rings. The molecule has 8 heteroatoms. The molecule has 0 bridgehead atoms. The first kappa shape index (κ1) is 21.7. The average Bonchev–Trinajstić information content (AvgIpc) is 2.98. The molecule has 1 aliphatic heterocycles. The molecule has 0 saturated heterocycles.